The van der Waals surface area contributed by atoms with Crippen molar-refractivity contribution in [2.45, 2.75) is 13.8 Å². The first-order valence-electron chi connectivity index (χ1n) is 2.77. The smallest absolute Gasteiger partial charge is 0.0971 e. The highest BCUT2D eigenvalue weighted by atomic mass is 16.5. The van der Waals surface area contributed by atoms with Gasteiger partial charge < -0.3 is 4.74 Å². The third kappa shape index (κ3) is 2.89. The molecule has 0 saturated carbocycles. The molecule has 0 aromatic rings. The zero-order chi connectivity index (χ0) is 7.28. The van der Waals surface area contributed by atoms with Crippen LogP contribution in [0.15, 0.2) is 11.1 Å². The Hall–Kier alpha value is -0.810. The molecule has 0 aliphatic carbocycles. The van der Waals surface area contributed by atoms with Crippen molar-refractivity contribution < 1.29 is 4.74 Å². The highest BCUT2D eigenvalue weighted by Crippen LogP contribution is 2.00. The lowest BCUT2D eigenvalue weighted by Crippen LogP contribution is -1.93. The highest BCUT2D eigenvalue weighted by Gasteiger charge is 1.94. The minimum absolute atomic E-state index is 0.429. The average Bonchev–Trinajstić information content (AvgIpc) is 1.82. The molecule has 2 nitrogen and oxygen atoms in total. The molecular weight excluding hydrogens is 114 g/mol. The first kappa shape index (κ1) is 8.19. The van der Waals surface area contributed by atoms with E-state index < -0.39 is 0 Å². The van der Waals surface area contributed by atoms with E-state index in [2.05, 4.69) is 6.07 Å². The minimum Gasteiger partial charge on any atom is -0.379 e. The number of ether oxygens (including phenoxy) is 1. The van der Waals surface area contributed by atoms with Crippen LogP contribution in [-0.2, 0) is 4.74 Å². The topological polar surface area (TPSA) is 33.0 Å². The molecule has 0 amide bonds. The van der Waals surface area contributed by atoms with Gasteiger partial charge in [0.2, 0.25) is 0 Å². The van der Waals surface area contributed by atoms with Crippen LogP contribution < -0.4 is 0 Å². The van der Waals surface area contributed by atoms with Crippen molar-refractivity contribution in [2.75, 3.05) is 13.7 Å². The van der Waals surface area contributed by atoms with Crippen molar-refractivity contribution >= 4 is 0 Å². The summed E-state index contributed by atoms with van der Waals surface area (Å²) >= 11 is 0. The molecule has 9 heavy (non-hydrogen) atoms. The van der Waals surface area contributed by atoms with Crippen LogP contribution in [0.4, 0.5) is 0 Å². The second kappa shape index (κ2) is 4.11. The number of hydrogen-bond acceptors (Lipinski definition) is 2. The van der Waals surface area contributed by atoms with Crippen molar-refractivity contribution in [1.29, 1.82) is 5.26 Å². The van der Waals surface area contributed by atoms with Crippen LogP contribution in [0.25, 0.3) is 0 Å². The molecule has 0 unspecified atom stereocenters. The Balaban J connectivity index is 4.04. The standard InChI is InChI=1S/C7H11NO/c1-6(2)7(4-8)5-9-3/h5H2,1-3H3. The highest BCUT2D eigenvalue weighted by molar-refractivity contribution is 5.25. The summed E-state index contributed by atoms with van der Waals surface area (Å²) < 4.78 is 4.78. The summed E-state index contributed by atoms with van der Waals surface area (Å²) in [5.41, 5.74) is 1.75. The molecule has 0 aliphatic rings. The minimum atomic E-state index is 0.429. The second-order valence-corrected chi connectivity index (χ2v) is 2.02. The van der Waals surface area contributed by atoms with Gasteiger partial charge in [-0.25, -0.2) is 0 Å². The van der Waals surface area contributed by atoms with Gasteiger partial charge in [-0.15, -0.1) is 0 Å². The zero-order valence-corrected chi connectivity index (χ0v) is 6.06. The molecule has 0 N–H and O–H groups in total. The van der Waals surface area contributed by atoms with Crippen LogP contribution in [-0.4, -0.2) is 13.7 Å². The molecule has 0 bridgehead atoms. The van der Waals surface area contributed by atoms with Gasteiger partial charge in [0.05, 0.1) is 18.2 Å². The number of methoxy groups -OCH3 is 1. The molecule has 0 saturated heterocycles. The van der Waals surface area contributed by atoms with Gasteiger partial charge in [-0.2, -0.15) is 5.26 Å². The molecule has 0 heterocycles. The van der Waals surface area contributed by atoms with Gasteiger partial charge in [0, 0.05) is 7.11 Å². The number of hydrogen-bond donors (Lipinski definition) is 0. The van der Waals surface area contributed by atoms with Crippen molar-refractivity contribution in [3.05, 3.63) is 11.1 Å². The average molecular weight is 125 g/mol. The summed E-state index contributed by atoms with van der Waals surface area (Å²) in [4.78, 5) is 0. The van der Waals surface area contributed by atoms with Gasteiger partial charge in [-0.05, 0) is 13.8 Å². The second-order valence-electron chi connectivity index (χ2n) is 2.02. The van der Waals surface area contributed by atoms with Crippen LogP contribution in [0, 0.1) is 11.3 Å². The van der Waals surface area contributed by atoms with Crippen LogP contribution in [0.5, 0.6) is 0 Å². The van der Waals surface area contributed by atoms with Gasteiger partial charge >= 0.3 is 0 Å². The maximum absolute atomic E-state index is 8.44. The van der Waals surface area contributed by atoms with E-state index in [0.29, 0.717) is 6.61 Å². The Bertz CT molecular complexity index is 149. The molecule has 2 heteroatoms. The SMILES string of the molecule is COCC(C#N)=C(C)C. The van der Waals surface area contributed by atoms with Gasteiger partial charge in [-0.3, -0.25) is 0 Å². The van der Waals surface area contributed by atoms with E-state index in [9.17, 15) is 0 Å². The maximum Gasteiger partial charge on any atom is 0.0971 e. The fourth-order valence-electron chi connectivity index (χ4n) is 0.433. The van der Waals surface area contributed by atoms with Crippen molar-refractivity contribution in [3.8, 4) is 6.07 Å². The fraction of sp³-hybridized carbons (Fsp3) is 0.571. The molecule has 50 valence electrons. The largest absolute Gasteiger partial charge is 0.379 e. The fourth-order valence-corrected chi connectivity index (χ4v) is 0.433. The van der Waals surface area contributed by atoms with Crippen LogP contribution >= 0.6 is 0 Å². The maximum atomic E-state index is 8.44. The van der Waals surface area contributed by atoms with Gasteiger partial charge in [0.15, 0.2) is 0 Å². The van der Waals surface area contributed by atoms with Crippen LogP contribution in [0.1, 0.15) is 13.8 Å². The number of nitrogens with zero attached hydrogens (tertiary/aromatic N) is 1. The Kier molecular flexibility index (Phi) is 3.74. The molecule has 0 aromatic carbocycles. The zero-order valence-electron chi connectivity index (χ0n) is 6.06. The van der Waals surface area contributed by atoms with E-state index in [4.69, 9.17) is 10.00 Å². The van der Waals surface area contributed by atoms with Crippen molar-refractivity contribution in [3.63, 3.8) is 0 Å². The molecule has 0 aliphatic heterocycles. The predicted molar refractivity (Wildman–Crippen MR) is 35.9 cm³/mol. The monoisotopic (exact) mass is 125 g/mol. The Morgan fingerprint density at radius 1 is 1.56 bits per heavy atom. The van der Waals surface area contributed by atoms with E-state index in [1.165, 1.54) is 0 Å². The van der Waals surface area contributed by atoms with Gasteiger partial charge in [-0.1, -0.05) is 5.57 Å². The van der Waals surface area contributed by atoms with Gasteiger partial charge in [0.25, 0.3) is 0 Å². The molecule has 0 fully saturated rings. The lowest BCUT2D eigenvalue weighted by atomic mass is 10.2. The van der Waals surface area contributed by atoms with Crippen molar-refractivity contribution in [1.82, 2.24) is 0 Å². The van der Waals surface area contributed by atoms with Gasteiger partial charge in [0.1, 0.15) is 0 Å². The molecule has 0 spiro atoms. The number of rotatable bonds is 2. The first-order valence-corrected chi connectivity index (χ1v) is 2.77. The molecule has 0 aromatic heterocycles. The van der Waals surface area contributed by atoms with E-state index in [0.717, 1.165) is 11.1 Å². The summed E-state index contributed by atoms with van der Waals surface area (Å²) in [5, 5.41) is 8.44. The molecule has 0 atom stereocenters. The Labute approximate surface area is 55.7 Å². The summed E-state index contributed by atoms with van der Waals surface area (Å²) in [6.07, 6.45) is 0. The third-order valence-corrected chi connectivity index (χ3v) is 1.03. The number of nitriles is 1. The van der Waals surface area contributed by atoms with E-state index in [1.807, 2.05) is 13.8 Å². The summed E-state index contributed by atoms with van der Waals surface area (Å²) in [6, 6.07) is 2.06. The third-order valence-electron chi connectivity index (χ3n) is 1.03. The lowest BCUT2D eigenvalue weighted by molar-refractivity contribution is 0.228. The quantitative estimate of drug-likeness (QED) is 0.524. The van der Waals surface area contributed by atoms with Crippen LogP contribution in [0.2, 0.25) is 0 Å². The molecule has 0 radical (unpaired) electrons. The summed E-state index contributed by atoms with van der Waals surface area (Å²) in [7, 11) is 1.58. The summed E-state index contributed by atoms with van der Waals surface area (Å²) in [5.74, 6) is 0. The van der Waals surface area contributed by atoms with E-state index in [-0.39, 0.29) is 0 Å². The molecular formula is C7H11NO. The van der Waals surface area contributed by atoms with Crippen molar-refractivity contribution in [2.24, 2.45) is 0 Å². The normalized spacial score (nSPS) is 8.22. The van der Waals surface area contributed by atoms with E-state index in [1.54, 1.807) is 7.11 Å². The Morgan fingerprint density at radius 3 is 2.22 bits per heavy atom. The van der Waals surface area contributed by atoms with E-state index >= 15 is 0 Å². The first-order chi connectivity index (χ1) is 4.22. The lowest BCUT2D eigenvalue weighted by Gasteiger charge is -1.96. The Morgan fingerprint density at radius 2 is 2.11 bits per heavy atom. The molecule has 0 rings (SSSR count). The predicted octanol–water partition coefficient (Wildman–Crippen LogP) is 1.49. The summed E-state index contributed by atoms with van der Waals surface area (Å²) in [6.45, 7) is 4.23. The van der Waals surface area contributed by atoms with Crippen LogP contribution in [0.3, 0.4) is 0 Å². The number of allylic oxidation sites excluding steroid dienone is 1.